The molecule has 0 atom stereocenters. The van der Waals surface area contributed by atoms with E-state index in [4.69, 9.17) is 0 Å². The van der Waals surface area contributed by atoms with E-state index in [0.29, 0.717) is 26.2 Å². The number of thiazole rings is 1. The van der Waals surface area contributed by atoms with E-state index in [1.165, 1.54) is 0 Å². The van der Waals surface area contributed by atoms with Crippen LogP contribution in [0.3, 0.4) is 0 Å². The average Bonchev–Trinajstić information content (AvgIpc) is 3.03. The predicted octanol–water partition coefficient (Wildman–Crippen LogP) is 1.59. The Morgan fingerprint density at radius 2 is 2.00 bits per heavy atom. The molecule has 1 aliphatic heterocycles. The van der Waals surface area contributed by atoms with Gasteiger partial charge in [-0.2, -0.15) is 0 Å². The molecule has 25 heavy (non-hydrogen) atoms. The first-order valence-electron chi connectivity index (χ1n) is 8.47. The van der Waals surface area contributed by atoms with Crippen LogP contribution in [-0.4, -0.2) is 65.9 Å². The highest BCUT2D eigenvalue weighted by atomic mass is 32.1. The molecule has 0 spiro atoms. The summed E-state index contributed by atoms with van der Waals surface area (Å²) in [4.78, 5) is 32.3. The highest BCUT2D eigenvalue weighted by Gasteiger charge is 2.20. The number of carbonyl (C=O) groups excluding carboxylic acids is 2. The quantitative estimate of drug-likeness (QED) is 0.825. The summed E-state index contributed by atoms with van der Waals surface area (Å²) in [7, 11) is 0. The normalized spacial score (nSPS) is 15.8. The van der Waals surface area contributed by atoms with Crippen LogP contribution in [0.4, 0.5) is 0 Å². The number of nitrogens with zero attached hydrogens (tertiary/aromatic N) is 3. The number of rotatable bonds is 5. The van der Waals surface area contributed by atoms with E-state index in [0.717, 1.165) is 28.3 Å². The number of hydrogen-bond donors (Lipinski definition) is 1. The molecule has 1 saturated heterocycles. The Bertz CT molecular complexity index is 745. The molecule has 2 heterocycles. The van der Waals surface area contributed by atoms with Gasteiger partial charge in [0.15, 0.2) is 0 Å². The molecule has 0 saturated carbocycles. The monoisotopic (exact) mass is 358 g/mol. The van der Waals surface area contributed by atoms with Crippen LogP contribution in [0, 0.1) is 0 Å². The molecule has 1 aromatic heterocycles. The number of nitrogens with one attached hydrogen (secondary N) is 1. The second-order valence-electron chi connectivity index (χ2n) is 5.91. The van der Waals surface area contributed by atoms with Crippen LogP contribution < -0.4 is 5.32 Å². The van der Waals surface area contributed by atoms with E-state index in [-0.39, 0.29) is 11.8 Å². The van der Waals surface area contributed by atoms with Crippen LogP contribution in [0.25, 0.3) is 16.3 Å². The van der Waals surface area contributed by atoms with Crippen molar-refractivity contribution in [2.45, 2.75) is 6.92 Å². The first-order valence-corrected chi connectivity index (χ1v) is 9.29. The van der Waals surface area contributed by atoms with Gasteiger partial charge in [-0.1, -0.05) is 12.1 Å². The minimum atomic E-state index is -0.00286. The zero-order valence-corrected chi connectivity index (χ0v) is 15.1. The summed E-state index contributed by atoms with van der Waals surface area (Å²) in [6.07, 6.45) is 3.38. The van der Waals surface area contributed by atoms with Gasteiger partial charge in [-0.15, -0.1) is 11.3 Å². The third-order valence-electron chi connectivity index (χ3n) is 4.10. The summed E-state index contributed by atoms with van der Waals surface area (Å²) < 4.78 is 1.12. The van der Waals surface area contributed by atoms with Crippen molar-refractivity contribution < 1.29 is 9.59 Å². The van der Waals surface area contributed by atoms with E-state index in [2.05, 4.69) is 15.2 Å². The SMILES string of the molecule is CCNC(=O)CN1CCN(C(=O)/C=C/c2nc3ccccc3s2)CC1. The highest BCUT2D eigenvalue weighted by molar-refractivity contribution is 7.19. The van der Waals surface area contributed by atoms with Gasteiger partial charge in [0.1, 0.15) is 5.01 Å². The number of aromatic nitrogens is 1. The van der Waals surface area contributed by atoms with Gasteiger partial charge >= 0.3 is 0 Å². The summed E-state index contributed by atoms with van der Waals surface area (Å²) in [6, 6.07) is 7.94. The van der Waals surface area contributed by atoms with Crippen molar-refractivity contribution in [3.05, 3.63) is 35.3 Å². The number of amides is 2. The zero-order chi connectivity index (χ0) is 17.6. The summed E-state index contributed by atoms with van der Waals surface area (Å²) >= 11 is 1.58. The maximum absolute atomic E-state index is 12.3. The van der Waals surface area contributed by atoms with Gasteiger partial charge in [0.25, 0.3) is 0 Å². The topological polar surface area (TPSA) is 65.5 Å². The van der Waals surface area contributed by atoms with E-state index in [1.807, 2.05) is 36.1 Å². The van der Waals surface area contributed by atoms with Crippen molar-refractivity contribution in [1.29, 1.82) is 0 Å². The fourth-order valence-electron chi connectivity index (χ4n) is 2.79. The molecule has 0 radical (unpaired) electrons. The van der Waals surface area contributed by atoms with E-state index >= 15 is 0 Å². The third-order valence-corrected chi connectivity index (χ3v) is 5.11. The number of hydrogen-bond acceptors (Lipinski definition) is 5. The molecule has 0 aliphatic carbocycles. The summed E-state index contributed by atoms with van der Waals surface area (Å²) in [5.41, 5.74) is 0.957. The Kier molecular flexibility index (Phi) is 5.78. The largest absolute Gasteiger partial charge is 0.355 e. The molecule has 3 rings (SSSR count). The van der Waals surface area contributed by atoms with Crippen LogP contribution in [0.15, 0.2) is 30.3 Å². The van der Waals surface area contributed by atoms with Crippen LogP contribution in [0.5, 0.6) is 0 Å². The average molecular weight is 358 g/mol. The number of likely N-dealkylation sites (N-methyl/N-ethyl adjacent to an activating group) is 1. The Labute approximate surface area is 151 Å². The minimum Gasteiger partial charge on any atom is -0.355 e. The van der Waals surface area contributed by atoms with Gasteiger partial charge in [-0.25, -0.2) is 4.98 Å². The first kappa shape index (κ1) is 17.6. The summed E-state index contributed by atoms with van der Waals surface area (Å²) in [5, 5.41) is 3.64. The van der Waals surface area contributed by atoms with Gasteiger partial charge in [0.05, 0.1) is 16.8 Å². The van der Waals surface area contributed by atoms with Crippen LogP contribution >= 0.6 is 11.3 Å². The second-order valence-corrected chi connectivity index (χ2v) is 6.97. The van der Waals surface area contributed by atoms with Gasteiger partial charge < -0.3 is 10.2 Å². The molecule has 2 aromatic rings. The highest BCUT2D eigenvalue weighted by Crippen LogP contribution is 2.22. The number of piperazine rings is 1. The van der Waals surface area contributed by atoms with E-state index < -0.39 is 0 Å². The van der Waals surface area contributed by atoms with Gasteiger partial charge in [-0.3, -0.25) is 14.5 Å². The second kappa shape index (κ2) is 8.22. The minimum absolute atomic E-state index is 0.00286. The standard InChI is InChI=1S/C18H22N4O2S/c1-2-19-16(23)13-21-9-11-22(12-10-21)18(24)8-7-17-20-14-5-3-4-6-15(14)25-17/h3-8H,2,9-13H2,1H3,(H,19,23)/b8-7+. The lowest BCUT2D eigenvalue weighted by Crippen LogP contribution is -2.50. The molecule has 6 nitrogen and oxygen atoms in total. The van der Waals surface area contributed by atoms with Crippen molar-refractivity contribution >= 4 is 39.4 Å². The lowest BCUT2D eigenvalue weighted by atomic mass is 10.3. The molecule has 1 N–H and O–H groups in total. The van der Waals surface area contributed by atoms with Crippen LogP contribution in [-0.2, 0) is 9.59 Å². The molecule has 132 valence electrons. The Morgan fingerprint density at radius 1 is 1.24 bits per heavy atom. The van der Waals surface area contributed by atoms with Crippen LogP contribution in [0.1, 0.15) is 11.9 Å². The van der Waals surface area contributed by atoms with Crippen molar-refractivity contribution in [3.8, 4) is 0 Å². The van der Waals surface area contributed by atoms with Crippen molar-refractivity contribution in [3.63, 3.8) is 0 Å². The van der Waals surface area contributed by atoms with Crippen molar-refractivity contribution in [2.24, 2.45) is 0 Å². The number of carbonyl (C=O) groups is 2. The summed E-state index contributed by atoms with van der Waals surface area (Å²) in [5.74, 6) is 0.0370. The molecular weight excluding hydrogens is 336 g/mol. The molecule has 2 amide bonds. The van der Waals surface area contributed by atoms with Gasteiger partial charge in [0.2, 0.25) is 11.8 Å². The zero-order valence-electron chi connectivity index (χ0n) is 14.3. The van der Waals surface area contributed by atoms with Crippen LogP contribution in [0.2, 0.25) is 0 Å². The van der Waals surface area contributed by atoms with Crippen molar-refractivity contribution in [2.75, 3.05) is 39.3 Å². The smallest absolute Gasteiger partial charge is 0.246 e. The number of para-hydroxylation sites is 1. The summed E-state index contributed by atoms with van der Waals surface area (Å²) in [6.45, 7) is 5.68. The molecule has 0 bridgehead atoms. The fraction of sp³-hybridized carbons (Fsp3) is 0.389. The van der Waals surface area contributed by atoms with E-state index in [1.54, 1.807) is 23.5 Å². The van der Waals surface area contributed by atoms with Gasteiger partial charge in [-0.05, 0) is 25.1 Å². The third kappa shape index (κ3) is 4.64. The fourth-order valence-corrected chi connectivity index (χ4v) is 3.66. The molecule has 1 aliphatic rings. The maximum atomic E-state index is 12.3. The molecule has 1 fully saturated rings. The lowest BCUT2D eigenvalue weighted by Gasteiger charge is -2.33. The molecular formula is C18H22N4O2S. The number of fused-ring (bicyclic) bond motifs is 1. The van der Waals surface area contributed by atoms with Gasteiger partial charge in [0, 0.05) is 38.8 Å². The molecule has 7 heteroatoms. The number of benzene rings is 1. The molecule has 1 aromatic carbocycles. The first-order chi connectivity index (χ1) is 12.2. The molecule has 0 unspecified atom stereocenters. The Balaban J connectivity index is 1.51. The van der Waals surface area contributed by atoms with Crippen molar-refractivity contribution in [1.82, 2.24) is 20.1 Å². The predicted molar refractivity (Wildman–Crippen MR) is 100 cm³/mol. The Morgan fingerprint density at radius 3 is 2.72 bits per heavy atom. The van der Waals surface area contributed by atoms with E-state index in [9.17, 15) is 9.59 Å². The lowest BCUT2D eigenvalue weighted by molar-refractivity contribution is -0.128. The Hall–Kier alpha value is -2.25. The maximum Gasteiger partial charge on any atom is 0.246 e.